The Kier molecular flexibility index (Phi) is 3.89. The number of halogens is 1. The van der Waals surface area contributed by atoms with Gasteiger partial charge in [0.05, 0.1) is 5.56 Å². The minimum Gasteiger partial charge on any atom is -0.337 e. The summed E-state index contributed by atoms with van der Waals surface area (Å²) in [6.45, 7) is 0.484. The first-order chi connectivity index (χ1) is 8.68. The lowest BCUT2D eigenvalue weighted by Gasteiger charge is -2.17. The first-order valence-corrected chi connectivity index (χ1v) is 5.81. The van der Waals surface area contributed by atoms with Crippen molar-refractivity contribution in [2.45, 2.75) is 6.54 Å². The van der Waals surface area contributed by atoms with E-state index in [1.165, 1.54) is 0 Å². The molecule has 1 amide bonds. The molecule has 2 heterocycles. The average molecular weight is 262 g/mol. The number of carbonyl (C=O) groups excluding carboxylic acids is 1. The molecule has 0 saturated heterocycles. The first-order valence-electron chi connectivity index (χ1n) is 5.43. The van der Waals surface area contributed by atoms with Gasteiger partial charge >= 0.3 is 0 Å². The zero-order valence-corrected chi connectivity index (χ0v) is 10.6. The van der Waals surface area contributed by atoms with Gasteiger partial charge < -0.3 is 4.90 Å². The summed E-state index contributed by atoms with van der Waals surface area (Å²) < 4.78 is 0. The van der Waals surface area contributed by atoms with E-state index in [-0.39, 0.29) is 11.1 Å². The summed E-state index contributed by atoms with van der Waals surface area (Å²) in [6, 6.07) is 7.11. The summed E-state index contributed by atoms with van der Waals surface area (Å²) in [5.74, 6) is -0.156. The van der Waals surface area contributed by atoms with Gasteiger partial charge in [-0.15, -0.1) is 0 Å². The van der Waals surface area contributed by atoms with E-state index in [1.54, 1.807) is 42.7 Å². The Morgan fingerprint density at radius 2 is 2.11 bits per heavy atom. The number of amides is 1. The van der Waals surface area contributed by atoms with E-state index in [4.69, 9.17) is 11.6 Å². The van der Waals surface area contributed by atoms with Crippen molar-refractivity contribution >= 4 is 17.5 Å². The van der Waals surface area contributed by atoms with Gasteiger partial charge in [0, 0.05) is 32.2 Å². The van der Waals surface area contributed by atoms with Gasteiger partial charge in [0.2, 0.25) is 0 Å². The molecule has 0 saturated carbocycles. The van der Waals surface area contributed by atoms with E-state index in [0.717, 1.165) is 5.56 Å². The second kappa shape index (κ2) is 5.60. The second-order valence-electron chi connectivity index (χ2n) is 3.86. The maximum atomic E-state index is 12.2. The fourth-order valence-corrected chi connectivity index (χ4v) is 1.79. The molecular weight excluding hydrogens is 250 g/mol. The van der Waals surface area contributed by atoms with Gasteiger partial charge in [0.25, 0.3) is 5.91 Å². The van der Waals surface area contributed by atoms with Crippen molar-refractivity contribution in [2.75, 3.05) is 7.05 Å². The Morgan fingerprint density at radius 3 is 2.78 bits per heavy atom. The van der Waals surface area contributed by atoms with E-state index in [1.807, 2.05) is 12.1 Å². The molecule has 0 radical (unpaired) electrons. The molecule has 0 unspecified atom stereocenters. The molecule has 4 nitrogen and oxygen atoms in total. The molecule has 2 rings (SSSR count). The molecule has 0 N–H and O–H groups in total. The monoisotopic (exact) mass is 261 g/mol. The lowest BCUT2D eigenvalue weighted by atomic mass is 10.2. The van der Waals surface area contributed by atoms with Crippen molar-refractivity contribution < 1.29 is 4.79 Å². The molecule has 0 atom stereocenters. The Balaban J connectivity index is 2.13. The summed E-state index contributed by atoms with van der Waals surface area (Å²) in [5, 5.41) is 0.223. The summed E-state index contributed by atoms with van der Waals surface area (Å²) in [4.78, 5) is 21.6. The topological polar surface area (TPSA) is 46.1 Å². The van der Waals surface area contributed by atoms with Crippen LogP contribution in [0.2, 0.25) is 5.15 Å². The van der Waals surface area contributed by atoms with Crippen LogP contribution in [0.1, 0.15) is 15.9 Å². The number of aromatic nitrogens is 2. The highest BCUT2D eigenvalue weighted by atomic mass is 35.5. The Morgan fingerprint density at radius 1 is 1.33 bits per heavy atom. The van der Waals surface area contributed by atoms with Gasteiger partial charge in [-0.1, -0.05) is 17.7 Å². The van der Waals surface area contributed by atoms with Crippen LogP contribution in [0.5, 0.6) is 0 Å². The van der Waals surface area contributed by atoms with Gasteiger partial charge in [-0.25, -0.2) is 4.98 Å². The lowest BCUT2D eigenvalue weighted by molar-refractivity contribution is 0.0785. The molecular formula is C13H12ClN3O. The number of hydrogen-bond donors (Lipinski definition) is 0. The molecule has 92 valence electrons. The molecule has 0 aliphatic rings. The van der Waals surface area contributed by atoms with Crippen molar-refractivity contribution in [3.63, 3.8) is 0 Å². The molecule has 0 aliphatic heterocycles. The predicted octanol–water partition coefficient (Wildman–Crippen LogP) is 2.40. The number of rotatable bonds is 3. The van der Waals surface area contributed by atoms with Crippen LogP contribution in [0.4, 0.5) is 0 Å². The third-order valence-electron chi connectivity index (χ3n) is 2.48. The average Bonchev–Trinajstić information content (AvgIpc) is 2.39. The number of pyridine rings is 2. The molecule has 0 bridgehead atoms. The van der Waals surface area contributed by atoms with Crippen molar-refractivity contribution in [1.29, 1.82) is 0 Å². The molecule has 0 fully saturated rings. The Hall–Kier alpha value is -1.94. The first kappa shape index (κ1) is 12.5. The van der Waals surface area contributed by atoms with Crippen molar-refractivity contribution in [3.8, 4) is 0 Å². The third-order valence-corrected chi connectivity index (χ3v) is 2.78. The van der Waals surface area contributed by atoms with Crippen LogP contribution in [0, 0.1) is 0 Å². The van der Waals surface area contributed by atoms with E-state index >= 15 is 0 Å². The van der Waals surface area contributed by atoms with Crippen LogP contribution in [-0.2, 0) is 6.54 Å². The number of carbonyl (C=O) groups is 1. The highest BCUT2D eigenvalue weighted by molar-refractivity contribution is 6.32. The minimum absolute atomic E-state index is 0.156. The van der Waals surface area contributed by atoms with Crippen LogP contribution in [-0.4, -0.2) is 27.8 Å². The molecule has 0 aromatic carbocycles. The van der Waals surface area contributed by atoms with Gasteiger partial charge in [0.15, 0.2) is 0 Å². The highest BCUT2D eigenvalue weighted by Gasteiger charge is 2.15. The quantitative estimate of drug-likeness (QED) is 0.797. The Labute approximate surface area is 110 Å². The standard InChI is InChI=1S/C13H12ClN3O/c1-17(9-10-4-2-6-15-8-10)13(18)11-5-3-7-16-12(11)14/h2-8H,9H2,1H3. The summed E-state index contributed by atoms with van der Waals surface area (Å²) >= 11 is 5.90. The fourth-order valence-electron chi connectivity index (χ4n) is 1.59. The van der Waals surface area contributed by atoms with Crippen molar-refractivity contribution in [3.05, 3.63) is 59.1 Å². The van der Waals surface area contributed by atoms with Crippen LogP contribution in [0.15, 0.2) is 42.9 Å². The summed E-state index contributed by atoms with van der Waals surface area (Å²) in [5.41, 5.74) is 1.37. The summed E-state index contributed by atoms with van der Waals surface area (Å²) in [6.07, 6.45) is 4.98. The van der Waals surface area contributed by atoms with E-state index < -0.39 is 0 Å². The SMILES string of the molecule is CN(Cc1cccnc1)C(=O)c1cccnc1Cl. The molecule has 5 heteroatoms. The van der Waals surface area contributed by atoms with Crippen molar-refractivity contribution in [2.24, 2.45) is 0 Å². The summed E-state index contributed by atoms with van der Waals surface area (Å²) in [7, 11) is 1.72. The molecule has 2 aromatic heterocycles. The van der Waals surface area contributed by atoms with Crippen molar-refractivity contribution in [1.82, 2.24) is 14.9 Å². The highest BCUT2D eigenvalue weighted by Crippen LogP contribution is 2.14. The molecule has 18 heavy (non-hydrogen) atoms. The van der Waals surface area contributed by atoms with Gasteiger partial charge in [0.1, 0.15) is 5.15 Å². The van der Waals surface area contributed by atoms with E-state index in [0.29, 0.717) is 12.1 Å². The number of nitrogens with zero attached hydrogens (tertiary/aromatic N) is 3. The maximum absolute atomic E-state index is 12.2. The van der Waals surface area contributed by atoms with Gasteiger partial charge in [-0.05, 0) is 23.8 Å². The normalized spacial score (nSPS) is 10.1. The van der Waals surface area contributed by atoms with Crippen LogP contribution in [0.3, 0.4) is 0 Å². The zero-order chi connectivity index (χ0) is 13.0. The molecule has 2 aromatic rings. The van der Waals surface area contributed by atoms with Crippen LogP contribution in [0.25, 0.3) is 0 Å². The predicted molar refractivity (Wildman–Crippen MR) is 69.3 cm³/mol. The van der Waals surface area contributed by atoms with Crippen LogP contribution >= 0.6 is 11.6 Å². The van der Waals surface area contributed by atoms with E-state index in [9.17, 15) is 4.79 Å². The molecule has 0 spiro atoms. The maximum Gasteiger partial charge on any atom is 0.257 e. The largest absolute Gasteiger partial charge is 0.337 e. The number of hydrogen-bond acceptors (Lipinski definition) is 3. The molecule has 0 aliphatic carbocycles. The van der Waals surface area contributed by atoms with Crippen LogP contribution < -0.4 is 0 Å². The van der Waals surface area contributed by atoms with E-state index in [2.05, 4.69) is 9.97 Å². The second-order valence-corrected chi connectivity index (χ2v) is 4.22. The minimum atomic E-state index is -0.156. The Bertz CT molecular complexity index is 545. The van der Waals surface area contributed by atoms with Gasteiger partial charge in [-0.2, -0.15) is 0 Å². The zero-order valence-electron chi connectivity index (χ0n) is 9.88. The van der Waals surface area contributed by atoms with Gasteiger partial charge in [-0.3, -0.25) is 9.78 Å². The fraction of sp³-hybridized carbons (Fsp3) is 0.154. The smallest absolute Gasteiger partial charge is 0.257 e. The lowest BCUT2D eigenvalue weighted by Crippen LogP contribution is -2.26. The third kappa shape index (κ3) is 2.84.